The third kappa shape index (κ3) is 4.16. The second-order valence-corrected chi connectivity index (χ2v) is 7.82. The fourth-order valence-electron chi connectivity index (χ4n) is 2.85. The smallest absolute Gasteiger partial charge is 0.288 e. The van der Waals surface area contributed by atoms with E-state index in [9.17, 15) is 10.1 Å². The van der Waals surface area contributed by atoms with Crippen LogP contribution in [0.5, 0.6) is 0 Å². The van der Waals surface area contributed by atoms with Crippen molar-refractivity contribution < 1.29 is 4.92 Å². The van der Waals surface area contributed by atoms with E-state index < -0.39 is 4.92 Å². The summed E-state index contributed by atoms with van der Waals surface area (Å²) in [6.07, 6.45) is 1.47. The van der Waals surface area contributed by atoms with E-state index >= 15 is 0 Å². The fraction of sp³-hybridized carbons (Fsp3) is 0.0476. The van der Waals surface area contributed by atoms with Gasteiger partial charge in [0, 0.05) is 21.4 Å². The van der Waals surface area contributed by atoms with E-state index in [0.29, 0.717) is 5.56 Å². The minimum Gasteiger partial charge on any atom is -0.354 e. The number of anilines is 2. The van der Waals surface area contributed by atoms with Crippen LogP contribution in [0.15, 0.2) is 80.7 Å². The van der Waals surface area contributed by atoms with Crippen molar-refractivity contribution in [3.8, 4) is 0 Å². The van der Waals surface area contributed by atoms with E-state index in [2.05, 4.69) is 33.7 Å². The molecule has 0 spiro atoms. The highest BCUT2D eigenvalue weighted by Crippen LogP contribution is 2.44. The second-order valence-electron chi connectivity index (χ2n) is 6.33. The van der Waals surface area contributed by atoms with Gasteiger partial charge in [-0.25, -0.2) is 0 Å². The first kappa shape index (κ1) is 19.2. The van der Waals surface area contributed by atoms with Crippen LogP contribution in [0.4, 0.5) is 17.1 Å². The maximum Gasteiger partial charge on any atom is 0.288 e. The Morgan fingerprint density at radius 3 is 2.72 bits per heavy atom. The summed E-state index contributed by atoms with van der Waals surface area (Å²) in [5.41, 5.74) is 4.18. The highest BCUT2D eigenvalue weighted by molar-refractivity contribution is 7.99. The molecule has 4 rings (SSSR count). The van der Waals surface area contributed by atoms with E-state index in [-0.39, 0.29) is 10.7 Å². The van der Waals surface area contributed by atoms with Crippen molar-refractivity contribution in [3.63, 3.8) is 0 Å². The zero-order valence-electron chi connectivity index (χ0n) is 15.3. The van der Waals surface area contributed by atoms with Gasteiger partial charge in [0.2, 0.25) is 0 Å². The number of nitrogens with zero attached hydrogens (tertiary/aromatic N) is 3. The van der Waals surface area contributed by atoms with E-state index in [4.69, 9.17) is 11.6 Å². The van der Waals surface area contributed by atoms with Crippen molar-refractivity contribution in [3.05, 3.63) is 86.9 Å². The van der Waals surface area contributed by atoms with Crippen LogP contribution in [-0.4, -0.2) is 16.8 Å². The van der Waals surface area contributed by atoms with Gasteiger partial charge in [0.05, 0.1) is 28.2 Å². The molecular weight excluding hydrogens is 408 g/mol. The number of rotatable bonds is 4. The number of nitro groups is 1. The van der Waals surface area contributed by atoms with Crippen LogP contribution in [0.25, 0.3) is 0 Å². The number of nitrogens with one attached hydrogen (secondary N) is 1. The number of fused-ring (bicyclic) bond motifs is 2. The quantitative estimate of drug-likeness (QED) is 0.238. The molecule has 0 unspecified atom stereocenters. The van der Waals surface area contributed by atoms with E-state index in [0.717, 1.165) is 27.5 Å². The molecule has 1 N–H and O–H groups in total. The summed E-state index contributed by atoms with van der Waals surface area (Å²) >= 11 is 7.55. The summed E-state index contributed by atoms with van der Waals surface area (Å²) < 4.78 is 0. The van der Waals surface area contributed by atoms with Crippen molar-refractivity contribution in [1.82, 2.24) is 0 Å². The van der Waals surface area contributed by atoms with E-state index in [1.807, 2.05) is 31.2 Å². The van der Waals surface area contributed by atoms with Gasteiger partial charge in [-0.15, -0.1) is 0 Å². The van der Waals surface area contributed by atoms with E-state index in [1.54, 1.807) is 17.8 Å². The molecule has 3 aromatic rings. The lowest BCUT2D eigenvalue weighted by Gasteiger charge is -2.21. The molecule has 144 valence electrons. The number of benzene rings is 3. The number of hydrogen-bond donors (Lipinski definition) is 1. The first-order valence-corrected chi connectivity index (χ1v) is 9.90. The maximum atomic E-state index is 11.0. The van der Waals surface area contributed by atoms with Gasteiger partial charge in [0.1, 0.15) is 5.02 Å². The molecule has 1 aliphatic rings. The molecule has 0 saturated carbocycles. The van der Waals surface area contributed by atoms with Gasteiger partial charge in [0.15, 0.2) is 0 Å². The van der Waals surface area contributed by atoms with Gasteiger partial charge in [0.25, 0.3) is 5.69 Å². The van der Waals surface area contributed by atoms with Crippen LogP contribution in [-0.2, 0) is 0 Å². The molecule has 0 aliphatic carbocycles. The van der Waals surface area contributed by atoms with Crippen molar-refractivity contribution in [1.29, 1.82) is 0 Å². The monoisotopic (exact) mass is 422 g/mol. The van der Waals surface area contributed by atoms with Gasteiger partial charge < -0.3 is 5.32 Å². The molecule has 3 aromatic carbocycles. The summed E-state index contributed by atoms with van der Waals surface area (Å²) in [7, 11) is 0. The minimum absolute atomic E-state index is 0.0906. The van der Waals surface area contributed by atoms with Crippen LogP contribution >= 0.6 is 23.4 Å². The molecule has 29 heavy (non-hydrogen) atoms. The summed E-state index contributed by atoms with van der Waals surface area (Å²) in [6, 6.07) is 18.8. The second kappa shape index (κ2) is 8.06. The van der Waals surface area contributed by atoms with Crippen LogP contribution in [0.2, 0.25) is 5.02 Å². The van der Waals surface area contributed by atoms with Gasteiger partial charge in [-0.3, -0.25) is 10.1 Å². The predicted octanol–water partition coefficient (Wildman–Crippen LogP) is 6.30. The molecule has 1 heterocycles. The highest BCUT2D eigenvalue weighted by atomic mass is 35.5. The van der Waals surface area contributed by atoms with Crippen LogP contribution in [0.3, 0.4) is 0 Å². The minimum atomic E-state index is -0.523. The van der Waals surface area contributed by atoms with Crippen LogP contribution < -0.4 is 5.32 Å². The topological polar surface area (TPSA) is 79.9 Å². The van der Waals surface area contributed by atoms with Crippen LogP contribution in [0.1, 0.15) is 18.1 Å². The SMILES string of the molecule is C/C(=N\N=C\c1ccc(Cl)c([N+](=O)[O-])c1)c1ccc2c(c1)Nc1ccccc1S2. The average molecular weight is 423 g/mol. The third-order valence-electron chi connectivity index (χ3n) is 4.36. The van der Waals surface area contributed by atoms with Gasteiger partial charge in [-0.05, 0) is 42.8 Å². The summed E-state index contributed by atoms with van der Waals surface area (Å²) in [5.74, 6) is 0. The molecule has 0 saturated heterocycles. The van der Waals surface area contributed by atoms with Crippen molar-refractivity contribution in [2.45, 2.75) is 16.7 Å². The Morgan fingerprint density at radius 1 is 1.10 bits per heavy atom. The number of halogens is 1. The standard InChI is InChI=1S/C21H15ClN4O2S/c1-13(25-23-12-14-6-8-16(22)19(10-14)26(27)28)15-7-9-21-18(11-15)24-17-4-2-3-5-20(17)29-21/h2-12,24H,1H3/b23-12+,25-13+. The molecule has 0 amide bonds. The fourth-order valence-corrected chi connectivity index (χ4v) is 4.01. The van der Waals surface area contributed by atoms with Gasteiger partial charge >= 0.3 is 0 Å². The third-order valence-corrected chi connectivity index (χ3v) is 5.83. The zero-order valence-corrected chi connectivity index (χ0v) is 16.9. The normalized spacial score (nSPS) is 13.0. The number of nitro benzene ring substituents is 1. The summed E-state index contributed by atoms with van der Waals surface area (Å²) in [5, 5.41) is 22.8. The Morgan fingerprint density at radius 2 is 1.90 bits per heavy atom. The first-order chi connectivity index (χ1) is 14.0. The summed E-state index contributed by atoms with van der Waals surface area (Å²) in [6.45, 7) is 1.87. The molecular formula is C21H15ClN4O2S. The molecule has 0 bridgehead atoms. The van der Waals surface area contributed by atoms with Crippen molar-refractivity contribution in [2.24, 2.45) is 10.2 Å². The maximum absolute atomic E-state index is 11.0. The first-order valence-electron chi connectivity index (χ1n) is 8.71. The zero-order chi connectivity index (χ0) is 20.4. The lowest BCUT2D eigenvalue weighted by Crippen LogP contribution is -2.02. The Balaban J connectivity index is 1.54. The van der Waals surface area contributed by atoms with Gasteiger partial charge in [-0.2, -0.15) is 10.2 Å². The Bertz CT molecular complexity index is 1180. The molecule has 6 nitrogen and oxygen atoms in total. The Hall–Kier alpha value is -3.16. The molecule has 0 aromatic heterocycles. The largest absolute Gasteiger partial charge is 0.354 e. The molecule has 8 heteroatoms. The predicted molar refractivity (Wildman–Crippen MR) is 118 cm³/mol. The molecule has 0 radical (unpaired) electrons. The molecule has 0 fully saturated rings. The molecule has 1 aliphatic heterocycles. The highest BCUT2D eigenvalue weighted by Gasteiger charge is 2.16. The number of hydrogen-bond acceptors (Lipinski definition) is 6. The van der Waals surface area contributed by atoms with Gasteiger partial charge in [-0.1, -0.05) is 47.6 Å². The molecule has 0 atom stereocenters. The number of para-hydroxylation sites is 1. The lowest BCUT2D eigenvalue weighted by atomic mass is 10.1. The van der Waals surface area contributed by atoms with Crippen molar-refractivity contribution in [2.75, 3.05) is 5.32 Å². The summed E-state index contributed by atoms with van der Waals surface area (Å²) in [4.78, 5) is 12.8. The van der Waals surface area contributed by atoms with E-state index in [1.165, 1.54) is 23.2 Å². The Kier molecular flexibility index (Phi) is 5.33. The Labute approximate surface area is 176 Å². The van der Waals surface area contributed by atoms with Crippen LogP contribution in [0, 0.1) is 10.1 Å². The average Bonchev–Trinajstić information content (AvgIpc) is 2.72. The van der Waals surface area contributed by atoms with Crippen molar-refractivity contribution >= 4 is 52.4 Å². The lowest BCUT2D eigenvalue weighted by molar-refractivity contribution is -0.384.